The zero-order chi connectivity index (χ0) is 18.3. The molecule has 0 saturated carbocycles. The highest BCUT2D eigenvalue weighted by Crippen LogP contribution is 2.22. The maximum Gasteiger partial charge on any atom is 0.407 e. The lowest BCUT2D eigenvalue weighted by Gasteiger charge is -2.25. The van der Waals surface area contributed by atoms with Crippen LogP contribution in [0.25, 0.3) is 0 Å². The first-order valence-corrected chi connectivity index (χ1v) is 9.15. The molecule has 0 radical (unpaired) electrons. The normalized spacial score (nSPS) is 17.4. The van der Waals surface area contributed by atoms with Crippen LogP contribution in [0.15, 0.2) is 30.3 Å². The molecule has 1 aromatic carbocycles. The Morgan fingerprint density at radius 2 is 1.96 bits per heavy atom. The number of hydrogen-bond donors (Lipinski definition) is 1. The monoisotopic (exact) mass is 346 g/mol. The predicted molar refractivity (Wildman–Crippen MR) is 98.4 cm³/mol. The van der Waals surface area contributed by atoms with Crippen LogP contribution in [-0.4, -0.2) is 41.6 Å². The van der Waals surface area contributed by atoms with E-state index in [1.807, 2.05) is 43.9 Å². The summed E-state index contributed by atoms with van der Waals surface area (Å²) in [6.45, 7) is 6.79. The number of amides is 2. The number of carbonyl (C=O) groups excluding carboxylic acids is 2. The summed E-state index contributed by atoms with van der Waals surface area (Å²) in [5, 5.41) is 2.70. The number of nitrogens with one attached hydrogen (secondary N) is 1. The molecule has 1 fully saturated rings. The Kier molecular flexibility index (Phi) is 6.85. The third-order valence-corrected chi connectivity index (χ3v) is 4.25. The van der Waals surface area contributed by atoms with E-state index < -0.39 is 11.7 Å². The highest BCUT2D eigenvalue weighted by atomic mass is 16.6. The van der Waals surface area contributed by atoms with Gasteiger partial charge in [0.25, 0.3) is 0 Å². The quantitative estimate of drug-likeness (QED) is 0.802. The van der Waals surface area contributed by atoms with Gasteiger partial charge in [0.2, 0.25) is 5.91 Å². The third-order valence-electron chi connectivity index (χ3n) is 4.25. The first-order chi connectivity index (χ1) is 11.8. The lowest BCUT2D eigenvalue weighted by atomic mass is 10.0. The molecule has 1 aromatic rings. The molecule has 5 nitrogen and oxygen atoms in total. The molecule has 0 bridgehead atoms. The van der Waals surface area contributed by atoms with Gasteiger partial charge in [-0.25, -0.2) is 4.79 Å². The summed E-state index contributed by atoms with van der Waals surface area (Å²) in [6, 6.07) is 10.6. The van der Waals surface area contributed by atoms with Gasteiger partial charge < -0.3 is 15.0 Å². The number of likely N-dealkylation sites (tertiary alicyclic amines) is 1. The summed E-state index contributed by atoms with van der Waals surface area (Å²) in [6.07, 6.45) is 3.72. The lowest BCUT2D eigenvalue weighted by molar-refractivity contribution is -0.132. The Labute approximate surface area is 150 Å². The van der Waals surface area contributed by atoms with E-state index in [-0.39, 0.29) is 5.91 Å². The van der Waals surface area contributed by atoms with Crippen molar-refractivity contribution in [2.45, 2.75) is 64.5 Å². The second kappa shape index (κ2) is 8.88. The van der Waals surface area contributed by atoms with Crippen LogP contribution in [0.5, 0.6) is 0 Å². The minimum atomic E-state index is -0.500. The van der Waals surface area contributed by atoms with Gasteiger partial charge >= 0.3 is 6.09 Å². The molecule has 2 amide bonds. The van der Waals surface area contributed by atoms with Gasteiger partial charge in [0, 0.05) is 25.6 Å². The van der Waals surface area contributed by atoms with Crippen molar-refractivity contribution in [3.05, 3.63) is 35.9 Å². The Bertz CT molecular complexity index is 566. The van der Waals surface area contributed by atoms with E-state index in [0.29, 0.717) is 25.4 Å². The molecule has 0 aliphatic carbocycles. The number of benzene rings is 1. The minimum Gasteiger partial charge on any atom is -0.444 e. The summed E-state index contributed by atoms with van der Waals surface area (Å²) in [5.41, 5.74) is 0.777. The van der Waals surface area contributed by atoms with Crippen molar-refractivity contribution in [1.82, 2.24) is 10.2 Å². The molecule has 1 N–H and O–H groups in total. The van der Waals surface area contributed by atoms with Crippen LogP contribution in [0, 0.1) is 0 Å². The molecule has 138 valence electrons. The van der Waals surface area contributed by atoms with Gasteiger partial charge in [0.1, 0.15) is 5.60 Å². The van der Waals surface area contributed by atoms with Crippen LogP contribution < -0.4 is 5.32 Å². The Hall–Kier alpha value is -2.04. The molecule has 2 rings (SSSR count). The van der Waals surface area contributed by atoms with E-state index >= 15 is 0 Å². The highest BCUT2D eigenvalue weighted by Gasteiger charge is 2.28. The molecule has 1 unspecified atom stereocenters. The summed E-state index contributed by atoms with van der Waals surface area (Å²) < 4.78 is 5.18. The largest absolute Gasteiger partial charge is 0.444 e. The smallest absolute Gasteiger partial charge is 0.407 e. The highest BCUT2D eigenvalue weighted by molar-refractivity contribution is 5.77. The van der Waals surface area contributed by atoms with Crippen LogP contribution in [0.2, 0.25) is 0 Å². The van der Waals surface area contributed by atoms with Crippen molar-refractivity contribution < 1.29 is 14.3 Å². The van der Waals surface area contributed by atoms with E-state index in [0.717, 1.165) is 25.8 Å². The number of ether oxygens (including phenoxy) is 1. The number of alkyl carbamates (subject to hydrolysis) is 1. The van der Waals surface area contributed by atoms with Gasteiger partial charge in [-0.15, -0.1) is 0 Å². The van der Waals surface area contributed by atoms with Crippen LogP contribution in [0.4, 0.5) is 4.79 Å². The van der Waals surface area contributed by atoms with Crippen molar-refractivity contribution in [3.63, 3.8) is 0 Å². The Morgan fingerprint density at radius 1 is 1.24 bits per heavy atom. The van der Waals surface area contributed by atoms with Crippen LogP contribution in [-0.2, 0) is 16.0 Å². The van der Waals surface area contributed by atoms with Gasteiger partial charge in [-0.3, -0.25) is 4.79 Å². The van der Waals surface area contributed by atoms with E-state index in [2.05, 4.69) is 17.4 Å². The Morgan fingerprint density at radius 3 is 2.64 bits per heavy atom. The number of carbonyl (C=O) groups is 2. The second-order valence-corrected chi connectivity index (χ2v) is 7.61. The summed E-state index contributed by atoms with van der Waals surface area (Å²) in [5.74, 6) is 0.185. The molecule has 0 spiro atoms. The SMILES string of the molecule is CC(C)(C)OC(=O)NCCCC(=O)N1CCCC1Cc1ccccc1. The molecule has 5 heteroatoms. The van der Waals surface area contributed by atoms with E-state index in [1.54, 1.807) is 0 Å². The first-order valence-electron chi connectivity index (χ1n) is 9.15. The summed E-state index contributed by atoms with van der Waals surface area (Å²) in [4.78, 5) is 26.1. The van der Waals surface area contributed by atoms with Crippen molar-refractivity contribution in [3.8, 4) is 0 Å². The minimum absolute atomic E-state index is 0.185. The van der Waals surface area contributed by atoms with Gasteiger partial charge in [-0.05, 0) is 52.0 Å². The van der Waals surface area contributed by atoms with E-state index in [4.69, 9.17) is 4.74 Å². The average molecular weight is 346 g/mol. The van der Waals surface area contributed by atoms with Crippen molar-refractivity contribution in [2.24, 2.45) is 0 Å². The maximum absolute atomic E-state index is 12.5. The van der Waals surface area contributed by atoms with Crippen LogP contribution >= 0.6 is 0 Å². The lowest BCUT2D eigenvalue weighted by Crippen LogP contribution is -2.37. The molecular formula is C20H30N2O3. The second-order valence-electron chi connectivity index (χ2n) is 7.61. The van der Waals surface area contributed by atoms with Crippen molar-refractivity contribution in [1.29, 1.82) is 0 Å². The molecule has 1 aliphatic rings. The Balaban J connectivity index is 1.72. The maximum atomic E-state index is 12.5. The predicted octanol–water partition coefficient (Wildman–Crippen LogP) is 3.53. The van der Waals surface area contributed by atoms with Crippen molar-refractivity contribution >= 4 is 12.0 Å². The fourth-order valence-electron chi connectivity index (χ4n) is 3.15. The molecular weight excluding hydrogens is 316 g/mol. The average Bonchev–Trinajstić information content (AvgIpc) is 2.99. The molecule has 1 aliphatic heterocycles. The van der Waals surface area contributed by atoms with Gasteiger partial charge in [0.15, 0.2) is 0 Å². The number of hydrogen-bond acceptors (Lipinski definition) is 3. The molecule has 0 aromatic heterocycles. The molecule has 1 atom stereocenters. The first kappa shape index (κ1) is 19.3. The van der Waals surface area contributed by atoms with Crippen molar-refractivity contribution in [2.75, 3.05) is 13.1 Å². The van der Waals surface area contributed by atoms with Gasteiger partial charge in [-0.1, -0.05) is 30.3 Å². The van der Waals surface area contributed by atoms with Crippen LogP contribution in [0.3, 0.4) is 0 Å². The van der Waals surface area contributed by atoms with Gasteiger partial charge in [0.05, 0.1) is 0 Å². The van der Waals surface area contributed by atoms with E-state index in [1.165, 1.54) is 5.56 Å². The van der Waals surface area contributed by atoms with E-state index in [9.17, 15) is 9.59 Å². The summed E-state index contributed by atoms with van der Waals surface area (Å²) >= 11 is 0. The standard InChI is InChI=1S/C20H30N2O3/c1-20(2,3)25-19(24)21-13-7-12-18(23)22-14-8-11-17(22)15-16-9-5-4-6-10-16/h4-6,9-10,17H,7-8,11-15H2,1-3H3,(H,21,24). The zero-order valence-corrected chi connectivity index (χ0v) is 15.6. The molecule has 25 heavy (non-hydrogen) atoms. The fourth-order valence-corrected chi connectivity index (χ4v) is 3.15. The van der Waals surface area contributed by atoms with Gasteiger partial charge in [-0.2, -0.15) is 0 Å². The number of rotatable bonds is 6. The topological polar surface area (TPSA) is 58.6 Å². The fraction of sp³-hybridized carbons (Fsp3) is 0.600. The number of nitrogens with zero attached hydrogens (tertiary/aromatic N) is 1. The van der Waals surface area contributed by atoms with Crippen LogP contribution in [0.1, 0.15) is 52.0 Å². The third kappa shape index (κ3) is 6.77. The zero-order valence-electron chi connectivity index (χ0n) is 15.6. The molecule has 1 saturated heterocycles. The summed E-state index contributed by atoms with van der Waals surface area (Å²) in [7, 11) is 0. The molecule has 1 heterocycles.